The highest BCUT2D eigenvalue weighted by molar-refractivity contribution is 8.11. The van der Waals surface area contributed by atoms with Crippen molar-refractivity contribution in [3.63, 3.8) is 0 Å². The van der Waals surface area contributed by atoms with Gasteiger partial charge in [-0.25, -0.2) is 9.97 Å². The van der Waals surface area contributed by atoms with Crippen LogP contribution in [0.2, 0.25) is 0 Å². The third-order valence-electron chi connectivity index (χ3n) is 4.00. The van der Waals surface area contributed by atoms with E-state index in [1.54, 1.807) is 18.0 Å². The second-order valence-corrected chi connectivity index (χ2v) is 6.92. The van der Waals surface area contributed by atoms with E-state index in [9.17, 15) is 0 Å². The molecule has 0 radical (unpaired) electrons. The molecule has 4 N–H and O–H groups in total. The zero-order chi connectivity index (χ0) is 17.6. The number of nitrogens with two attached hydrogens (primary N) is 1. The van der Waals surface area contributed by atoms with Gasteiger partial charge in [-0.05, 0) is 43.5 Å². The molecular formula is C19H23N5S. The van der Waals surface area contributed by atoms with Crippen LogP contribution >= 0.6 is 11.8 Å². The Hall–Kier alpha value is -2.31. The SMILES string of the molecule is CNC1=CCCC(C)=C(c2ccnc(Nc3cccc(CN)c3)n2)S1. The van der Waals surface area contributed by atoms with Crippen molar-refractivity contribution in [2.75, 3.05) is 12.4 Å². The maximum absolute atomic E-state index is 5.71. The molecule has 130 valence electrons. The Kier molecular flexibility index (Phi) is 5.73. The predicted octanol–water partition coefficient (Wildman–Crippen LogP) is 4.00. The van der Waals surface area contributed by atoms with E-state index in [2.05, 4.69) is 28.6 Å². The number of hydrogen-bond acceptors (Lipinski definition) is 6. The maximum atomic E-state index is 5.71. The number of allylic oxidation sites excluding steroid dienone is 2. The molecular weight excluding hydrogens is 330 g/mol. The first kappa shape index (κ1) is 17.5. The van der Waals surface area contributed by atoms with Gasteiger partial charge >= 0.3 is 0 Å². The Bertz CT molecular complexity index is 813. The van der Waals surface area contributed by atoms with Crippen molar-refractivity contribution in [2.45, 2.75) is 26.3 Å². The molecule has 3 rings (SSSR count). The average Bonchev–Trinajstić information content (AvgIpc) is 2.83. The van der Waals surface area contributed by atoms with E-state index in [4.69, 9.17) is 10.7 Å². The third kappa shape index (κ3) is 4.41. The summed E-state index contributed by atoms with van der Waals surface area (Å²) in [6.07, 6.45) is 6.12. The van der Waals surface area contributed by atoms with Gasteiger partial charge in [0.25, 0.3) is 0 Å². The van der Waals surface area contributed by atoms with Crippen molar-refractivity contribution in [3.05, 3.63) is 64.5 Å². The van der Waals surface area contributed by atoms with Crippen molar-refractivity contribution in [3.8, 4) is 0 Å². The molecule has 0 saturated heterocycles. The molecule has 1 aliphatic heterocycles. The fourth-order valence-corrected chi connectivity index (χ4v) is 3.66. The van der Waals surface area contributed by atoms with Crippen LogP contribution in [0.1, 0.15) is 31.0 Å². The van der Waals surface area contributed by atoms with Gasteiger partial charge in [0.1, 0.15) is 0 Å². The van der Waals surface area contributed by atoms with Crippen LogP contribution in [0.4, 0.5) is 11.6 Å². The van der Waals surface area contributed by atoms with E-state index in [1.807, 2.05) is 37.4 Å². The van der Waals surface area contributed by atoms with Crippen molar-refractivity contribution >= 4 is 28.3 Å². The summed E-state index contributed by atoms with van der Waals surface area (Å²) < 4.78 is 0. The van der Waals surface area contributed by atoms with Gasteiger partial charge in [0.15, 0.2) is 0 Å². The van der Waals surface area contributed by atoms with Crippen LogP contribution in [0.3, 0.4) is 0 Å². The fraction of sp³-hybridized carbons (Fsp3) is 0.263. The number of nitrogens with one attached hydrogen (secondary N) is 2. The largest absolute Gasteiger partial charge is 0.383 e. The lowest BCUT2D eigenvalue weighted by atomic mass is 10.1. The molecule has 1 aliphatic rings. The van der Waals surface area contributed by atoms with E-state index >= 15 is 0 Å². The Morgan fingerprint density at radius 3 is 2.96 bits per heavy atom. The van der Waals surface area contributed by atoms with E-state index in [0.717, 1.165) is 34.8 Å². The van der Waals surface area contributed by atoms with Crippen molar-refractivity contribution in [2.24, 2.45) is 5.73 Å². The molecule has 5 nitrogen and oxygen atoms in total. The monoisotopic (exact) mass is 353 g/mol. The summed E-state index contributed by atoms with van der Waals surface area (Å²) in [5.41, 5.74) is 10.0. The minimum atomic E-state index is 0.512. The Morgan fingerprint density at radius 2 is 2.16 bits per heavy atom. The van der Waals surface area contributed by atoms with Crippen LogP contribution in [-0.4, -0.2) is 17.0 Å². The number of thioether (sulfide) groups is 1. The number of rotatable bonds is 5. The molecule has 1 aromatic heterocycles. The molecule has 0 amide bonds. The van der Waals surface area contributed by atoms with Crippen LogP contribution in [0.5, 0.6) is 0 Å². The topological polar surface area (TPSA) is 75.9 Å². The van der Waals surface area contributed by atoms with Gasteiger partial charge < -0.3 is 16.4 Å². The molecule has 6 heteroatoms. The van der Waals surface area contributed by atoms with Gasteiger partial charge in [-0.1, -0.05) is 35.5 Å². The summed E-state index contributed by atoms with van der Waals surface area (Å²) in [6.45, 7) is 2.69. The number of aromatic nitrogens is 2. The van der Waals surface area contributed by atoms with Gasteiger partial charge in [0.2, 0.25) is 5.95 Å². The zero-order valence-corrected chi connectivity index (χ0v) is 15.4. The molecule has 0 saturated carbocycles. The first-order valence-electron chi connectivity index (χ1n) is 8.34. The lowest BCUT2D eigenvalue weighted by Gasteiger charge is -2.12. The summed E-state index contributed by atoms with van der Waals surface area (Å²) in [6, 6.07) is 9.95. The van der Waals surface area contributed by atoms with Gasteiger partial charge in [0.05, 0.1) is 10.7 Å². The summed E-state index contributed by atoms with van der Waals surface area (Å²) in [4.78, 5) is 10.3. The minimum Gasteiger partial charge on any atom is -0.383 e. The Balaban J connectivity index is 1.87. The first-order valence-corrected chi connectivity index (χ1v) is 9.16. The van der Waals surface area contributed by atoms with Crippen molar-refractivity contribution in [1.82, 2.24) is 15.3 Å². The maximum Gasteiger partial charge on any atom is 0.227 e. The average molecular weight is 353 g/mol. The molecule has 25 heavy (non-hydrogen) atoms. The van der Waals surface area contributed by atoms with Crippen molar-refractivity contribution < 1.29 is 0 Å². The zero-order valence-electron chi connectivity index (χ0n) is 14.5. The highest BCUT2D eigenvalue weighted by atomic mass is 32.2. The van der Waals surface area contributed by atoms with Crippen LogP contribution in [0.25, 0.3) is 4.91 Å². The van der Waals surface area contributed by atoms with Crippen LogP contribution in [-0.2, 0) is 6.54 Å². The minimum absolute atomic E-state index is 0.512. The second kappa shape index (κ2) is 8.18. The predicted molar refractivity (Wildman–Crippen MR) is 106 cm³/mol. The highest BCUT2D eigenvalue weighted by Crippen LogP contribution is 2.38. The molecule has 0 fully saturated rings. The second-order valence-electron chi connectivity index (χ2n) is 5.86. The molecule has 0 bridgehead atoms. The molecule has 0 spiro atoms. The van der Waals surface area contributed by atoms with Crippen molar-refractivity contribution in [1.29, 1.82) is 0 Å². The van der Waals surface area contributed by atoms with Gasteiger partial charge in [-0.2, -0.15) is 0 Å². The van der Waals surface area contributed by atoms with Gasteiger partial charge in [-0.15, -0.1) is 0 Å². The van der Waals surface area contributed by atoms with E-state index in [0.29, 0.717) is 12.5 Å². The van der Waals surface area contributed by atoms with E-state index in [-0.39, 0.29) is 0 Å². The molecule has 1 aromatic carbocycles. The normalized spacial score (nSPS) is 14.8. The summed E-state index contributed by atoms with van der Waals surface area (Å²) in [5, 5.41) is 7.69. The number of nitrogens with zero attached hydrogens (tertiary/aromatic N) is 2. The smallest absolute Gasteiger partial charge is 0.227 e. The number of anilines is 2. The summed E-state index contributed by atoms with van der Waals surface area (Å²) in [7, 11) is 1.95. The lowest BCUT2D eigenvalue weighted by Crippen LogP contribution is -2.03. The molecule has 0 atom stereocenters. The quantitative estimate of drug-likeness (QED) is 0.754. The Morgan fingerprint density at radius 1 is 1.28 bits per heavy atom. The van der Waals surface area contributed by atoms with E-state index < -0.39 is 0 Å². The molecule has 2 aromatic rings. The van der Waals surface area contributed by atoms with Crippen LogP contribution in [0.15, 0.2) is 53.2 Å². The molecule has 0 aliphatic carbocycles. The van der Waals surface area contributed by atoms with E-state index in [1.165, 1.54) is 10.5 Å². The first-order chi connectivity index (χ1) is 12.2. The fourth-order valence-electron chi connectivity index (χ4n) is 2.65. The van der Waals surface area contributed by atoms with Crippen LogP contribution in [0, 0.1) is 0 Å². The Labute approximate surface area is 152 Å². The summed E-state index contributed by atoms with van der Waals surface area (Å²) >= 11 is 1.73. The molecule has 0 unspecified atom stereocenters. The highest BCUT2D eigenvalue weighted by Gasteiger charge is 2.14. The lowest BCUT2D eigenvalue weighted by molar-refractivity contribution is 0.964. The van der Waals surface area contributed by atoms with Gasteiger partial charge in [0, 0.05) is 30.4 Å². The summed E-state index contributed by atoms with van der Waals surface area (Å²) in [5.74, 6) is 0.590. The van der Waals surface area contributed by atoms with Gasteiger partial charge in [-0.3, -0.25) is 0 Å². The third-order valence-corrected chi connectivity index (χ3v) is 5.35. The number of hydrogen-bond donors (Lipinski definition) is 3. The molecule has 2 heterocycles. The number of benzene rings is 1. The standard InChI is InChI=1S/C19H23N5S/c1-13-5-3-8-17(21-2)25-18(13)16-9-10-22-19(24-16)23-15-7-4-6-14(11-15)12-20/h4,6-11,21H,3,5,12,20H2,1-2H3,(H,22,23,24). The van der Waals surface area contributed by atoms with Crippen LogP contribution < -0.4 is 16.4 Å².